The molecule has 3 aromatic carbocycles. The molecule has 4 rings (SSSR count). The van der Waals surface area contributed by atoms with Crippen LogP contribution in [0.15, 0.2) is 78.9 Å². The van der Waals surface area contributed by atoms with E-state index >= 15 is 0 Å². The molecule has 6 nitrogen and oxygen atoms in total. The molecule has 0 radical (unpaired) electrons. The Morgan fingerprint density at radius 3 is 1.88 bits per heavy atom. The largest absolute Gasteiger partial charge is 0.497 e. The number of methoxy groups -OCH3 is 2. The van der Waals surface area contributed by atoms with E-state index in [4.69, 9.17) is 9.47 Å². The summed E-state index contributed by atoms with van der Waals surface area (Å²) < 4.78 is 10.7. The van der Waals surface area contributed by atoms with Crippen molar-refractivity contribution in [2.45, 2.75) is 19.0 Å². The van der Waals surface area contributed by atoms with E-state index in [1.54, 1.807) is 26.4 Å². The SMILES string of the molecule is COc1ccc(OC)c(NC(=O)C(C)N2CCN(C(c3ccccc3)c3ccccc3)CC2)c1. The Labute approximate surface area is 202 Å². The molecular formula is C28H33N3O3. The van der Waals surface area contributed by atoms with E-state index in [1.165, 1.54) is 11.1 Å². The summed E-state index contributed by atoms with van der Waals surface area (Å²) >= 11 is 0. The van der Waals surface area contributed by atoms with Crippen LogP contribution < -0.4 is 14.8 Å². The lowest BCUT2D eigenvalue weighted by Gasteiger charge is -2.41. The summed E-state index contributed by atoms with van der Waals surface area (Å²) in [5, 5.41) is 3.02. The van der Waals surface area contributed by atoms with Gasteiger partial charge >= 0.3 is 0 Å². The number of carbonyl (C=O) groups excluding carboxylic acids is 1. The summed E-state index contributed by atoms with van der Waals surface area (Å²) in [4.78, 5) is 17.8. The molecule has 1 N–H and O–H groups in total. The van der Waals surface area contributed by atoms with Gasteiger partial charge in [0, 0.05) is 32.2 Å². The Hall–Kier alpha value is -3.35. The molecule has 0 spiro atoms. The summed E-state index contributed by atoms with van der Waals surface area (Å²) in [6, 6.07) is 26.6. The van der Waals surface area contributed by atoms with Crippen LogP contribution in [0.1, 0.15) is 24.1 Å². The molecule has 0 aliphatic carbocycles. The number of carbonyl (C=O) groups is 1. The van der Waals surface area contributed by atoms with Crippen LogP contribution in [0, 0.1) is 0 Å². The zero-order valence-electron chi connectivity index (χ0n) is 20.1. The standard InChI is InChI=1S/C28H33N3O3/c1-21(28(32)29-25-20-24(33-2)14-15-26(25)34-3)30-16-18-31(19-17-30)27(22-10-6-4-7-11-22)23-12-8-5-9-13-23/h4-15,20-21,27H,16-19H2,1-3H3,(H,29,32). The lowest BCUT2D eigenvalue weighted by Crippen LogP contribution is -2.53. The zero-order chi connectivity index (χ0) is 23.9. The van der Waals surface area contributed by atoms with E-state index in [-0.39, 0.29) is 18.0 Å². The van der Waals surface area contributed by atoms with Crippen LogP contribution in [-0.4, -0.2) is 62.1 Å². The minimum atomic E-state index is -0.259. The maximum absolute atomic E-state index is 13.1. The molecule has 0 bridgehead atoms. The molecule has 178 valence electrons. The zero-order valence-corrected chi connectivity index (χ0v) is 20.1. The molecule has 1 unspecified atom stereocenters. The van der Waals surface area contributed by atoms with Gasteiger partial charge in [-0.2, -0.15) is 0 Å². The number of benzene rings is 3. The van der Waals surface area contributed by atoms with Crippen LogP contribution in [-0.2, 0) is 4.79 Å². The van der Waals surface area contributed by atoms with Gasteiger partial charge in [-0.05, 0) is 30.2 Å². The van der Waals surface area contributed by atoms with Crippen LogP contribution >= 0.6 is 0 Å². The molecule has 6 heteroatoms. The highest BCUT2D eigenvalue weighted by Crippen LogP contribution is 2.31. The molecule has 1 aliphatic heterocycles. The predicted octanol–water partition coefficient (Wildman–Crippen LogP) is 4.44. The Morgan fingerprint density at radius 2 is 1.35 bits per heavy atom. The monoisotopic (exact) mass is 459 g/mol. The maximum Gasteiger partial charge on any atom is 0.241 e. The van der Waals surface area contributed by atoms with E-state index in [0.29, 0.717) is 17.2 Å². The number of anilines is 1. The van der Waals surface area contributed by atoms with Gasteiger partial charge in [-0.25, -0.2) is 0 Å². The molecule has 1 saturated heterocycles. The fraction of sp³-hybridized carbons (Fsp3) is 0.321. The van der Waals surface area contributed by atoms with E-state index in [9.17, 15) is 4.79 Å². The van der Waals surface area contributed by atoms with Gasteiger partial charge in [0.25, 0.3) is 0 Å². The van der Waals surface area contributed by atoms with Gasteiger partial charge < -0.3 is 14.8 Å². The number of nitrogens with one attached hydrogen (secondary N) is 1. The highest BCUT2D eigenvalue weighted by Gasteiger charge is 2.30. The highest BCUT2D eigenvalue weighted by atomic mass is 16.5. The first-order valence-electron chi connectivity index (χ1n) is 11.7. The van der Waals surface area contributed by atoms with E-state index in [2.05, 4.69) is 75.8 Å². The maximum atomic E-state index is 13.1. The van der Waals surface area contributed by atoms with Crippen molar-refractivity contribution in [1.29, 1.82) is 0 Å². The van der Waals surface area contributed by atoms with Crippen molar-refractivity contribution in [3.05, 3.63) is 90.0 Å². The fourth-order valence-corrected chi connectivity index (χ4v) is 4.58. The normalized spacial score (nSPS) is 15.6. The molecule has 0 saturated carbocycles. The smallest absolute Gasteiger partial charge is 0.241 e. The number of ether oxygens (including phenoxy) is 2. The number of hydrogen-bond acceptors (Lipinski definition) is 5. The van der Waals surface area contributed by atoms with Gasteiger partial charge in [0.2, 0.25) is 5.91 Å². The van der Waals surface area contributed by atoms with Crippen LogP contribution in [0.4, 0.5) is 5.69 Å². The van der Waals surface area contributed by atoms with Gasteiger partial charge in [-0.15, -0.1) is 0 Å². The van der Waals surface area contributed by atoms with Gasteiger partial charge in [0.05, 0.1) is 32.0 Å². The second kappa shape index (κ2) is 11.2. The molecule has 34 heavy (non-hydrogen) atoms. The van der Waals surface area contributed by atoms with Crippen LogP contribution in [0.3, 0.4) is 0 Å². The van der Waals surface area contributed by atoms with Crippen LogP contribution in [0.25, 0.3) is 0 Å². The molecular weight excluding hydrogens is 426 g/mol. The number of amides is 1. The third-order valence-corrected chi connectivity index (χ3v) is 6.54. The minimum absolute atomic E-state index is 0.0531. The van der Waals surface area contributed by atoms with E-state index < -0.39 is 0 Å². The molecule has 1 aliphatic rings. The van der Waals surface area contributed by atoms with Crippen molar-refractivity contribution >= 4 is 11.6 Å². The van der Waals surface area contributed by atoms with Crippen molar-refractivity contribution < 1.29 is 14.3 Å². The van der Waals surface area contributed by atoms with Crippen molar-refractivity contribution in [2.24, 2.45) is 0 Å². The van der Waals surface area contributed by atoms with Crippen molar-refractivity contribution in [1.82, 2.24) is 9.80 Å². The third-order valence-electron chi connectivity index (χ3n) is 6.54. The van der Waals surface area contributed by atoms with E-state index in [0.717, 1.165) is 26.2 Å². The Balaban J connectivity index is 1.43. The second-order valence-corrected chi connectivity index (χ2v) is 8.53. The number of rotatable bonds is 8. The summed E-state index contributed by atoms with van der Waals surface area (Å²) in [6.45, 7) is 5.37. The average molecular weight is 460 g/mol. The Morgan fingerprint density at radius 1 is 0.794 bits per heavy atom. The minimum Gasteiger partial charge on any atom is -0.497 e. The quantitative estimate of drug-likeness (QED) is 0.540. The molecule has 1 heterocycles. The van der Waals surface area contributed by atoms with Gasteiger partial charge in [-0.1, -0.05) is 60.7 Å². The van der Waals surface area contributed by atoms with Crippen molar-refractivity contribution in [2.75, 3.05) is 45.7 Å². The lowest BCUT2D eigenvalue weighted by molar-refractivity contribution is -0.121. The topological polar surface area (TPSA) is 54.0 Å². The molecule has 3 aromatic rings. The van der Waals surface area contributed by atoms with Crippen molar-refractivity contribution in [3.63, 3.8) is 0 Å². The second-order valence-electron chi connectivity index (χ2n) is 8.53. The summed E-state index contributed by atoms with van der Waals surface area (Å²) in [7, 11) is 3.20. The van der Waals surface area contributed by atoms with Gasteiger partial charge in [-0.3, -0.25) is 14.6 Å². The third kappa shape index (κ3) is 5.41. The predicted molar refractivity (Wildman–Crippen MR) is 136 cm³/mol. The number of hydrogen-bond donors (Lipinski definition) is 1. The van der Waals surface area contributed by atoms with Gasteiger partial charge in [0.15, 0.2) is 0 Å². The Kier molecular flexibility index (Phi) is 7.83. The first-order valence-corrected chi connectivity index (χ1v) is 11.7. The Bertz CT molecular complexity index is 1030. The lowest BCUT2D eigenvalue weighted by atomic mass is 9.96. The first kappa shape index (κ1) is 23.8. The summed E-state index contributed by atoms with van der Waals surface area (Å²) in [6.07, 6.45) is 0. The molecule has 1 amide bonds. The first-order chi connectivity index (χ1) is 16.6. The number of nitrogens with zero attached hydrogens (tertiary/aromatic N) is 2. The average Bonchev–Trinajstić information content (AvgIpc) is 2.90. The highest BCUT2D eigenvalue weighted by molar-refractivity contribution is 5.96. The van der Waals surface area contributed by atoms with Crippen LogP contribution in [0.2, 0.25) is 0 Å². The number of piperazine rings is 1. The molecule has 0 aromatic heterocycles. The fourth-order valence-electron chi connectivity index (χ4n) is 4.58. The molecule has 1 atom stereocenters. The van der Waals surface area contributed by atoms with Crippen LogP contribution in [0.5, 0.6) is 11.5 Å². The molecule has 1 fully saturated rings. The summed E-state index contributed by atoms with van der Waals surface area (Å²) in [5.74, 6) is 1.23. The van der Waals surface area contributed by atoms with E-state index in [1.807, 2.05) is 13.0 Å². The summed E-state index contributed by atoms with van der Waals surface area (Å²) in [5.41, 5.74) is 3.20. The van der Waals surface area contributed by atoms with Crippen molar-refractivity contribution in [3.8, 4) is 11.5 Å². The van der Waals surface area contributed by atoms with Gasteiger partial charge in [0.1, 0.15) is 11.5 Å².